The van der Waals surface area contributed by atoms with Gasteiger partial charge in [0.1, 0.15) is 11.3 Å². The standard InChI is InChI=1S/C52H30O2S/c1-3-14-31(15-4-1)47-40-27-28-41-49-39(23-13-24-43(49)53-51(41)52(40)54-50(47)32-16-5-2-6-17-32)48-37-21-9-7-19-35(37)46(36-20-8-10-22-38(36)48)33-26-29-45-42(30-33)34-18-11-12-25-44(34)55-45/h1-30H. The van der Waals surface area contributed by atoms with Gasteiger partial charge in [-0.3, -0.25) is 0 Å². The van der Waals surface area contributed by atoms with Gasteiger partial charge in [-0.15, -0.1) is 11.3 Å². The average Bonchev–Trinajstić information content (AvgIpc) is 3.95. The smallest absolute Gasteiger partial charge is 0.178 e. The SMILES string of the molecule is c1ccc(-c2oc3c(ccc4c3oc3cccc(-c5c6ccccc6c(-c6ccc7sc8ccccc8c7c6)c6ccccc56)c34)c2-c2ccccc2)cc1. The van der Waals surface area contributed by atoms with Crippen molar-refractivity contribution in [2.24, 2.45) is 0 Å². The Kier molecular flexibility index (Phi) is 6.54. The van der Waals surface area contributed by atoms with Gasteiger partial charge >= 0.3 is 0 Å². The highest BCUT2D eigenvalue weighted by Crippen LogP contribution is 2.50. The van der Waals surface area contributed by atoms with Gasteiger partial charge in [0.05, 0.1) is 0 Å². The van der Waals surface area contributed by atoms with Crippen LogP contribution in [0.2, 0.25) is 0 Å². The van der Waals surface area contributed by atoms with E-state index in [1.165, 1.54) is 58.4 Å². The van der Waals surface area contributed by atoms with E-state index >= 15 is 0 Å². The van der Waals surface area contributed by atoms with Crippen molar-refractivity contribution in [2.45, 2.75) is 0 Å². The molecule has 0 bridgehead atoms. The Labute approximate surface area is 320 Å². The molecule has 0 saturated carbocycles. The predicted molar refractivity (Wildman–Crippen MR) is 233 cm³/mol. The first-order chi connectivity index (χ1) is 27.3. The van der Waals surface area contributed by atoms with Gasteiger partial charge in [0.15, 0.2) is 11.2 Å². The van der Waals surface area contributed by atoms with Crippen LogP contribution in [-0.4, -0.2) is 0 Å². The molecular weight excluding hydrogens is 689 g/mol. The van der Waals surface area contributed by atoms with Gasteiger partial charge in [-0.25, -0.2) is 0 Å². The fourth-order valence-corrected chi connectivity index (χ4v) is 10.0. The lowest BCUT2D eigenvalue weighted by molar-refractivity contribution is 0.612. The molecule has 0 spiro atoms. The molecule has 3 heterocycles. The molecule has 0 fully saturated rings. The fourth-order valence-electron chi connectivity index (χ4n) is 8.94. The summed E-state index contributed by atoms with van der Waals surface area (Å²) in [6.07, 6.45) is 0. The zero-order chi connectivity index (χ0) is 36.0. The third-order valence-corrected chi connectivity index (χ3v) is 12.4. The summed E-state index contributed by atoms with van der Waals surface area (Å²) >= 11 is 1.86. The molecular formula is C52H30O2S. The molecule has 9 aromatic carbocycles. The minimum absolute atomic E-state index is 0.763. The summed E-state index contributed by atoms with van der Waals surface area (Å²) in [4.78, 5) is 0. The third kappa shape index (κ3) is 4.48. The topological polar surface area (TPSA) is 26.3 Å². The van der Waals surface area contributed by atoms with Crippen molar-refractivity contribution in [3.63, 3.8) is 0 Å². The number of furan rings is 2. The van der Waals surface area contributed by atoms with Crippen LogP contribution in [0.25, 0.3) is 119 Å². The summed E-state index contributed by atoms with van der Waals surface area (Å²) in [5, 5.41) is 10.7. The number of fused-ring (bicyclic) bond motifs is 10. The summed E-state index contributed by atoms with van der Waals surface area (Å²) in [7, 11) is 0. The first kappa shape index (κ1) is 30.5. The lowest BCUT2D eigenvalue weighted by Gasteiger charge is -2.18. The summed E-state index contributed by atoms with van der Waals surface area (Å²) in [6.45, 7) is 0. The second kappa shape index (κ2) is 11.8. The van der Waals surface area contributed by atoms with E-state index in [-0.39, 0.29) is 0 Å². The highest BCUT2D eigenvalue weighted by atomic mass is 32.1. The summed E-state index contributed by atoms with van der Waals surface area (Å²) < 4.78 is 16.4. The number of hydrogen-bond donors (Lipinski definition) is 0. The van der Waals surface area contributed by atoms with Gasteiger partial charge in [0.25, 0.3) is 0 Å². The molecule has 0 aliphatic carbocycles. The molecule has 0 atom stereocenters. The first-order valence-corrected chi connectivity index (χ1v) is 19.5. The van der Waals surface area contributed by atoms with Crippen LogP contribution in [0.4, 0.5) is 0 Å². The van der Waals surface area contributed by atoms with Crippen LogP contribution in [0.5, 0.6) is 0 Å². The number of benzene rings is 9. The van der Waals surface area contributed by atoms with Crippen molar-refractivity contribution in [3.8, 4) is 44.7 Å². The van der Waals surface area contributed by atoms with E-state index in [1.54, 1.807) is 0 Å². The molecule has 0 radical (unpaired) electrons. The Morgan fingerprint density at radius 3 is 1.64 bits per heavy atom. The largest absolute Gasteiger partial charge is 0.452 e. The Hall–Kier alpha value is -6.94. The van der Waals surface area contributed by atoms with Crippen LogP contribution in [0, 0.1) is 0 Å². The van der Waals surface area contributed by atoms with Crippen molar-refractivity contribution < 1.29 is 8.83 Å². The van der Waals surface area contributed by atoms with Crippen LogP contribution < -0.4 is 0 Å². The lowest BCUT2D eigenvalue weighted by atomic mass is 9.84. The van der Waals surface area contributed by atoms with Gasteiger partial charge < -0.3 is 8.83 Å². The van der Waals surface area contributed by atoms with Gasteiger partial charge in [-0.2, -0.15) is 0 Å². The molecule has 0 aliphatic rings. The van der Waals surface area contributed by atoms with Crippen molar-refractivity contribution in [1.29, 1.82) is 0 Å². The second-order valence-electron chi connectivity index (χ2n) is 14.3. The van der Waals surface area contributed by atoms with Crippen LogP contribution in [0.1, 0.15) is 0 Å². The highest BCUT2D eigenvalue weighted by molar-refractivity contribution is 7.25. The Bertz CT molecular complexity index is 3420. The maximum atomic E-state index is 6.89. The highest BCUT2D eigenvalue weighted by Gasteiger charge is 2.25. The maximum Gasteiger partial charge on any atom is 0.178 e. The van der Waals surface area contributed by atoms with Crippen molar-refractivity contribution in [3.05, 3.63) is 182 Å². The quantitative estimate of drug-likeness (QED) is 0.169. The molecule has 0 unspecified atom stereocenters. The first-order valence-electron chi connectivity index (χ1n) is 18.7. The van der Waals surface area contributed by atoms with Crippen LogP contribution in [-0.2, 0) is 0 Å². The van der Waals surface area contributed by atoms with Gasteiger partial charge in [0, 0.05) is 47.5 Å². The summed E-state index contributed by atoms with van der Waals surface area (Å²) in [5.74, 6) is 0.844. The molecule has 55 heavy (non-hydrogen) atoms. The minimum Gasteiger partial charge on any atom is -0.452 e. The Morgan fingerprint density at radius 2 is 0.909 bits per heavy atom. The minimum atomic E-state index is 0.763. The van der Waals surface area contributed by atoms with Gasteiger partial charge in [-0.1, -0.05) is 146 Å². The molecule has 0 N–H and O–H groups in total. The molecule has 0 aliphatic heterocycles. The van der Waals surface area contributed by atoms with Crippen molar-refractivity contribution in [2.75, 3.05) is 0 Å². The van der Waals surface area contributed by atoms with E-state index in [0.717, 1.165) is 60.9 Å². The van der Waals surface area contributed by atoms with E-state index in [4.69, 9.17) is 8.83 Å². The van der Waals surface area contributed by atoms with E-state index in [9.17, 15) is 0 Å². The molecule has 12 aromatic rings. The van der Waals surface area contributed by atoms with Crippen LogP contribution in [0.15, 0.2) is 191 Å². The average molecular weight is 719 g/mol. The Balaban J connectivity index is 1.15. The molecule has 3 heteroatoms. The second-order valence-corrected chi connectivity index (χ2v) is 15.4. The molecule has 3 aromatic heterocycles. The van der Waals surface area contributed by atoms with E-state index < -0.39 is 0 Å². The molecule has 12 rings (SSSR count). The van der Waals surface area contributed by atoms with E-state index in [2.05, 4.69) is 176 Å². The van der Waals surface area contributed by atoms with Crippen molar-refractivity contribution in [1.82, 2.24) is 0 Å². The van der Waals surface area contributed by atoms with Crippen LogP contribution >= 0.6 is 11.3 Å². The van der Waals surface area contributed by atoms with E-state index in [1.807, 2.05) is 17.4 Å². The zero-order valence-electron chi connectivity index (χ0n) is 29.5. The normalized spacial score (nSPS) is 12.0. The van der Waals surface area contributed by atoms with Crippen LogP contribution in [0.3, 0.4) is 0 Å². The predicted octanol–water partition coefficient (Wildman–Crippen LogP) is 15.7. The zero-order valence-corrected chi connectivity index (χ0v) is 30.4. The van der Waals surface area contributed by atoms with Gasteiger partial charge in [0.2, 0.25) is 0 Å². The molecule has 2 nitrogen and oxygen atoms in total. The Morgan fingerprint density at radius 1 is 0.327 bits per heavy atom. The molecule has 256 valence electrons. The number of rotatable bonds is 4. The monoisotopic (exact) mass is 718 g/mol. The van der Waals surface area contributed by atoms with Gasteiger partial charge in [-0.05, 0) is 85.8 Å². The fraction of sp³-hybridized carbons (Fsp3) is 0. The number of thiophene rings is 1. The number of hydrogen-bond acceptors (Lipinski definition) is 3. The molecule has 0 saturated heterocycles. The third-order valence-electron chi connectivity index (χ3n) is 11.3. The maximum absolute atomic E-state index is 6.89. The van der Waals surface area contributed by atoms with Crippen molar-refractivity contribution >= 4 is 86.0 Å². The summed E-state index contributed by atoms with van der Waals surface area (Å²) in [6, 6.07) is 65.3. The summed E-state index contributed by atoms with van der Waals surface area (Å²) in [5.41, 5.74) is 10.4. The lowest BCUT2D eigenvalue weighted by Crippen LogP contribution is -1.91. The molecule has 0 amide bonds. The van der Waals surface area contributed by atoms with E-state index in [0.29, 0.717) is 0 Å².